The summed E-state index contributed by atoms with van der Waals surface area (Å²) >= 11 is 2.24. The number of para-hydroxylation sites is 1. The fraction of sp³-hybridized carbons (Fsp3) is 0.214. The van der Waals surface area contributed by atoms with Crippen molar-refractivity contribution in [2.75, 3.05) is 13.7 Å². The van der Waals surface area contributed by atoms with Crippen LogP contribution in [0.15, 0.2) is 44.3 Å². The second-order valence-electron chi connectivity index (χ2n) is 4.61. The smallest absolute Gasteiger partial charge is 0.294 e. The summed E-state index contributed by atoms with van der Waals surface area (Å²) in [6.07, 6.45) is 0. The van der Waals surface area contributed by atoms with Gasteiger partial charge >= 0.3 is 0 Å². The zero-order valence-electron chi connectivity index (χ0n) is 12.1. The highest BCUT2D eigenvalue weighted by Gasteiger charge is 2.16. The van der Waals surface area contributed by atoms with E-state index in [1.54, 1.807) is 28.1 Å². The SMILES string of the molecule is COCCn1/c(=N/S(=O)(=O)c2cccs2)sc2cccc(F)c21. The molecule has 0 N–H and O–H groups in total. The number of rotatable bonds is 5. The minimum absolute atomic E-state index is 0.161. The van der Waals surface area contributed by atoms with Crippen LogP contribution < -0.4 is 4.80 Å². The number of thiophene rings is 1. The summed E-state index contributed by atoms with van der Waals surface area (Å²) in [6.45, 7) is 0.641. The van der Waals surface area contributed by atoms with Crippen LogP contribution in [0.5, 0.6) is 0 Å². The molecule has 0 aliphatic heterocycles. The normalized spacial score (nSPS) is 13.0. The Labute approximate surface area is 140 Å². The molecule has 1 aromatic carbocycles. The monoisotopic (exact) mass is 372 g/mol. The number of aromatic nitrogens is 1. The topological polar surface area (TPSA) is 60.7 Å². The Bertz CT molecular complexity index is 988. The fourth-order valence-corrected chi connectivity index (χ4v) is 5.35. The van der Waals surface area contributed by atoms with Gasteiger partial charge in [0.2, 0.25) is 4.80 Å². The van der Waals surface area contributed by atoms with Gasteiger partial charge in [0.25, 0.3) is 10.0 Å². The average Bonchev–Trinajstić information content (AvgIpc) is 3.13. The van der Waals surface area contributed by atoms with E-state index in [1.165, 1.54) is 19.2 Å². The Kier molecular flexibility index (Phi) is 4.62. The molecule has 0 radical (unpaired) electrons. The van der Waals surface area contributed by atoms with E-state index in [1.807, 2.05) is 0 Å². The molecule has 0 aliphatic rings. The molecule has 0 aliphatic carbocycles. The summed E-state index contributed by atoms with van der Waals surface area (Å²) in [7, 11) is -2.28. The van der Waals surface area contributed by atoms with Gasteiger partial charge in [0, 0.05) is 13.7 Å². The summed E-state index contributed by atoms with van der Waals surface area (Å²) in [5.41, 5.74) is 0.342. The van der Waals surface area contributed by atoms with E-state index in [0.717, 1.165) is 22.7 Å². The summed E-state index contributed by atoms with van der Waals surface area (Å²) in [5.74, 6) is -0.412. The summed E-state index contributed by atoms with van der Waals surface area (Å²) in [4.78, 5) is 0.232. The predicted molar refractivity (Wildman–Crippen MR) is 88.7 cm³/mol. The van der Waals surface area contributed by atoms with Crippen molar-refractivity contribution in [3.63, 3.8) is 0 Å². The van der Waals surface area contributed by atoms with Crippen LogP contribution in [0, 0.1) is 5.82 Å². The van der Waals surface area contributed by atoms with Crippen LogP contribution in [0.1, 0.15) is 0 Å². The Hall–Kier alpha value is -1.55. The highest BCUT2D eigenvalue weighted by Crippen LogP contribution is 2.22. The quantitative estimate of drug-likeness (QED) is 0.692. The van der Waals surface area contributed by atoms with E-state index < -0.39 is 15.8 Å². The lowest BCUT2D eigenvalue weighted by atomic mass is 10.3. The number of halogens is 1. The number of hydrogen-bond donors (Lipinski definition) is 0. The molecule has 9 heteroatoms. The van der Waals surface area contributed by atoms with Gasteiger partial charge in [-0.2, -0.15) is 8.42 Å². The van der Waals surface area contributed by atoms with Gasteiger partial charge in [-0.05, 0) is 23.6 Å². The van der Waals surface area contributed by atoms with Crippen LogP contribution in [0.2, 0.25) is 0 Å². The van der Waals surface area contributed by atoms with Crippen molar-refractivity contribution in [2.45, 2.75) is 10.8 Å². The number of methoxy groups -OCH3 is 1. The number of ether oxygens (including phenoxy) is 1. The van der Waals surface area contributed by atoms with Gasteiger partial charge in [-0.15, -0.1) is 15.7 Å². The standard InChI is InChI=1S/C14H13FN2O3S3/c1-20-8-7-17-13-10(15)4-2-5-11(13)22-14(17)16-23(18,19)12-6-3-9-21-12/h2-6,9H,7-8H2,1H3/b16-14-. The maximum Gasteiger partial charge on any atom is 0.294 e. The van der Waals surface area contributed by atoms with Gasteiger partial charge in [0.05, 0.1) is 16.8 Å². The highest BCUT2D eigenvalue weighted by molar-refractivity contribution is 7.92. The molecule has 3 rings (SSSR count). The molecule has 2 aromatic heterocycles. The zero-order chi connectivity index (χ0) is 16.4. The van der Waals surface area contributed by atoms with Crippen molar-refractivity contribution < 1.29 is 17.5 Å². The lowest BCUT2D eigenvalue weighted by molar-refractivity contribution is 0.187. The maximum atomic E-state index is 14.1. The van der Waals surface area contributed by atoms with E-state index in [0.29, 0.717) is 23.4 Å². The Morgan fingerprint density at radius 1 is 1.30 bits per heavy atom. The van der Waals surface area contributed by atoms with Crippen molar-refractivity contribution >= 4 is 42.9 Å². The molecule has 0 atom stereocenters. The minimum Gasteiger partial charge on any atom is -0.383 e. The lowest BCUT2D eigenvalue weighted by Gasteiger charge is -2.04. The second-order valence-corrected chi connectivity index (χ2v) is 8.40. The molecule has 5 nitrogen and oxygen atoms in total. The number of sulfonamides is 1. The highest BCUT2D eigenvalue weighted by atomic mass is 32.2. The van der Waals surface area contributed by atoms with Crippen molar-refractivity contribution in [1.29, 1.82) is 0 Å². The summed E-state index contributed by atoms with van der Waals surface area (Å²) in [5, 5.41) is 1.67. The van der Waals surface area contributed by atoms with E-state index in [-0.39, 0.29) is 9.01 Å². The molecular formula is C14H13FN2O3S3. The average molecular weight is 372 g/mol. The number of thiazole rings is 1. The third-order valence-electron chi connectivity index (χ3n) is 3.12. The van der Waals surface area contributed by atoms with Crippen LogP contribution in [0.3, 0.4) is 0 Å². The van der Waals surface area contributed by atoms with E-state index in [9.17, 15) is 12.8 Å². The van der Waals surface area contributed by atoms with Gasteiger partial charge in [0.15, 0.2) is 0 Å². The molecule has 0 amide bonds. The van der Waals surface area contributed by atoms with Crippen molar-refractivity contribution in [2.24, 2.45) is 4.40 Å². The Morgan fingerprint density at radius 3 is 2.83 bits per heavy atom. The first-order chi connectivity index (χ1) is 11.0. The Morgan fingerprint density at radius 2 is 2.13 bits per heavy atom. The van der Waals surface area contributed by atoms with Crippen molar-refractivity contribution in [3.05, 3.63) is 46.3 Å². The van der Waals surface area contributed by atoms with E-state index in [2.05, 4.69) is 4.40 Å². The number of nitrogens with zero attached hydrogens (tertiary/aromatic N) is 2. The van der Waals surface area contributed by atoms with E-state index >= 15 is 0 Å². The molecule has 23 heavy (non-hydrogen) atoms. The first-order valence-corrected chi connectivity index (χ1v) is 9.78. The van der Waals surface area contributed by atoms with Gasteiger partial charge in [-0.3, -0.25) is 0 Å². The molecule has 0 bridgehead atoms. The predicted octanol–water partition coefficient (Wildman–Crippen LogP) is 2.84. The van der Waals surface area contributed by atoms with Crippen molar-refractivity contribution in [3.8, 4) is 0 Å². The molecule has 0 saturated carbocycles. The molecule has 3 aromatic rings. The molecule has 122 valence electrons. The summed E-state index contributed by atoms with van der Waals surface area (Å²) < 4.78 is 50.2. The van der Waals surface area contributed by atoms with Crippen LogP contribution in [0.25, 0.3) is 10.2 Å². The van der Waals surface area contributed by atoms with Gasteiger partial charge in [-0.1, -0.05) is 23.5 Å². The van der Waals surface area contributed by atoms with Crippen LogP contribution in [-0.4, -0.2) is 26.7 Å². The van der Waals surface area contributed by atoms with Crippen LogP contribution >= 0.6 is 22.7 Å². The first kappa shape index (κ1) is 16.3. The molecule has 0 spiro atoms. The third-order valence-corrected chi connectivity index (χ3v) is 6.92. The van der Waals surface area contributed by atoms with Crippen molar-refractivity contribution in [1.82, 2.24) is 4.57 Å². The molecule has 0 unspecified atom stereocenters. The van der Waals surface area contributed by atoms with Gasteiger partial charge < -0.3 is 9.30 Å². The van der Waals surface area contributed by atoms with Crippen LogP contribution in [-0.2, 0) is 21.3 Å². The number of fused-ring (bicyclic) bond motifs is 1. The Balaban J connectivity index is 2.24. The van der Waals surface area contributed by atoms with Crippen LogP contribution in [0.4, 0.5) is 4.39 Å². The zero-order valence-corrected chi connectivity index (χ0v) is 14.5. The maximum absolute atomic E-state index is 14.1. The first-order valence-electron chi connectivity index (χ1n) is 6.64. The van der Waals surface area contributed by atoms with Gasteiger partial charge in [-0.25, -0.2) is 4.39 Å². The summed E-state index contributed by atoms with van der Waals surface area (Å²) in [6, 6.07) is 7.82. The minimum atomic E-state index is -3.81. The lowest BCUT2D eigenvalue weighted by Crippen LogP contribution is -2.19. The second kappa shape index (κ2) is 6.52. The number of hydrogen-bond acceptors (Lipinski definition) is 5. The fourth-order valence-electron chi connectivity index (χ4n) is 2.10. The van der Waals surface area contributed by atoms with Gasteiger partial charge in [0.1, 0.15) is 10.0 Å². The number of benzene rings is 1. The third kappa shape index (κ3) is 3.23. The molecule has 0 saturated heterocycles. The molecule has 0 fully saturated rings. The molecule has 2 heterocycles. The van der Waals surface area contributed by atoms with E-state index in [4.69, 9.17) is 4.74 Å². The largest absolute Gasteiger partial charge is 0.383 e. The molecular weight excluding hydrogens is 359 g/mol.